The van der Waals surface area contributed by atoms with Crippen molar-refractivity contribution in [2.24, 2.45) is 5.92 Å². The first-order chi connectivity index (χ1) is 10.2. The molecule has 1 aliphatic heterocycles. The van der Waals surface area contributed by atoms with Crippen LogP contribution in [0.4, 0.5) is 5.69 Å². The number of amides is 1. The average molecular weight is 288 g/mol. The molecule has 1 aromatic rings. The monoisotopic (exact) mass is 288 g/mol. The Morgan fingerprint density at radius 2 is 1.90 bits per heavy atom. The molecule has 3 rings (SSSR count). The smallest absolute Gasteiger partial charge is 0.225 e. The molecule has 0 spiro atoms. The third-order valence-electron chi connectivity index (χ3n) is 4.56. The van der Waals surface area contributed by atoms with Crippen molar-refractivity contribution in [2.75, 3.05) is 38.3 Å². The molecule has 0 atom stereocenters. The number of anilines is 1. The van der Waals surface area contributed by atoms with Gasteiger partial charge in [-0.3, -0.25) is 4.79 Å². The van der Waals surface area contributed by atoms with Crippen LogP contribution in [0.1, 0.15) is 24.8 Å². The van der Waals surface area contributed by atoms with Crippen LogP contribution in [0.5, 0.6) is 0 Å². The largest absolute Gasteiger partial charge is 0.378 e. The van der Waals surface area contributed by atoms with Gasteiger partial charge in [-0.25, -0.2) is 0 Å². The Kier molecular flexibility index (Phi) is 4.44. The zero-order valence-corrected chi connectivity index (χ0v) is 12.8. The first kappa shape index (κ1) is 14.4. The van der Waals surface area contributed by atoms with Gasteiger partial charge in [0, 0.05) is 38.3 Å². The van der Waals surface area contributed by atoms with Crippen molar-refractivity contribution in [2.45, 2.75) is 25.8 Å². The Bertz CT molecular complexity index is 476. The van der Waals surface area contributed by atoms with Gasteiger partial charge in [0.25, 0.3) is 0 Å². The highest BCUT2D eigenvalue weighted by Gasteiger charge is 2.27. The normalized spacial score (nSPS) is 19.2. The number of hydrogen-bond acceptors (Lipinski definition) is 3. The summed E-state index contributed by atoms with van der Waals surface area (Å²) in [5.41, 5.74) is 2.44. The molecule has 1 saturated heterocycles. The third kappa shape index (κ3) is 3.38. The third-order valence-corrected chi connectivity index (χ3v) is 4.56. The first-order valence-corrected chi connectivity index (χ1v) is 7.90. The van der Waals surface area contributed by atoms with Gasteiger partial charge in [0.05, 0.1) is 13.2 Å². The molecule has 0 radical (unpaired) electrons. The Balaban J connectivity index is 1.57. The Morgan fingerprint density at radius 1 is 1.24 bits per heavy atom. The number of benzene rings is 1. The fraction of sp³-hybridized carbons (Fsp3) is 0.588. The zero-order valence-electron chi connectivity index (χ0n) is 12.8. The molecule has 1 saturated carbocycles. The maximum absolute atomic E-state index is 12.1. The summed E-state index contributed by atoms with van der Waals surface area (Å²) in [4.78, 5) is 16.4. The standard InChI is InChI=1S/C17H24N2O2/c1-18(17(20)15-3-2-4-15)13-14-5-7-16(8-6-14)19-9-11-21-12-10-19/h5-8,15H,2-4,9-13H2,1H3. The topological polar surface area (TPSA) is 32.8 Å². The molecule has 1 heterocycles. The summed E-state index contributed by atoms with van der Waals surface area (Å²) in [6, 6.07) is 8.58. The SMILES string of the molecule is CN(Cc1ccc(N2CCOCC2)cc1)C(=O)C1CCC1. The molecule has 0 unspecified atom stereocenters. The van der Waals surface area contributed by atoms with E-state index in [-0.39, 0.29) is 5.92 Å². The minimum atomic E-state index is 0.280. The maximum Gasteiger partial charge on any atom is 0.225 e. The Labute approximate surface area is 126 Å². The molecule has 1 amide bonds. The number of carbonyl (C=O) groups excluding carboxylic acids is 1. The highest BCUT2D eigenvalue weighted by molar-refractivity contribution is 5.79. The van der Waals surface area contributed by atoms with E-state index in [1.54, 1.807) is 0 Å². The van der Waals surface area contributed by atoms with Crippen molar-refractivity contribution in [3.05, 3.63) is 29.8 Å². The average Bonchev–Trinajstić information content (AvgIpc) is 2.47. The predicted octanol–water partition coefficient (Wildman–Crippen LogP) is 2.28. The Hall–Kier alpha value is -1.55. The second kappa shape index (κ2) is 6.48. The van der Waals surface area contributed by atoms with Gasteiger partial charge < -0.3 is 14.5 Å². The highest BCUT2D eigenvalue weighted by atomic mass is 16.5. The van der Waals surface area contributed by atoms with E-state index in [4.69, 9.17) is 4.74 Å². The van der Waals surface area contributed by atoms with E-state index in [1.807, 2.05) is 11.9 Å². The van der Waals surface area contributed by atoms with E-state index in [0.717, 1.165) is 39.1 Å². The summed E-state index contributed by atoms with van der Waals surface area (Å²) in [6.45, 7) is 4.23. The van der Waals surface area contributed by atoms with Crippen molar-refractivity contribution in [3.63, 3.8) is 0 Å². The van der Waals surface area contributed by atoms with Crippen molar-refractivity contribution >= 4 is 11.6 Å². The van der Waals surface area contributed by atoms with Crippen LogP contribution in [0.3, 0.4) is 0 Å². The minimum absolute atomic E-state index is 0.280. The predicted molar refractivity (Wildman–Crippen MR) is 83.3 cm³/mol. The lowest BCUT2D eigenvalue weighted by Gasteiger charge is -2.30. The second-order valence-electron chi connectivity index (χ2n) is 6.09. The molecule has 114 valence electrons. The number of rotatable bonds is 4. The van der Waals surface area contributed by atoms with Gasteiger partial charge in [-0.05, 0) is 30.5 Å². The minimum Gasteiger partial charge on any atom is -0.378 e. The van der Waals surface area contributed by atoms with Gasteiger partial charge in [-0.1, -0.05) is 18.6 Å². The van der Waals surface area contributed by atoms with Crippen LogP contribution in [-0.4, -0.2) is 44.2 Å². The molecular weight excluding hydrogens is 264 g/mol. The van der Waals surface area contributed by atoms with Crippen LogP contribution < -0.4 is 4.90 Å². The van der Waals surface area contributed by atoms with E-state index in [9.17, 15) is 4.79 Å². The van der Waals surface area contributed by atoms with Gasteiger partial charge in [-0.2, -0.15) is 0 Å². The van der Waals surface area contributed by atoms with Crippen molar-refractivity contribution in [3.8, 4) is 0 Å². The van der Waals surface area contributed by atoms with E-state index in [2.05, 4.69) is 29.2 Å². The molecular formula is C17H24N2O2. The van der Waals surface area contributed by atoms with E-state index >= 15 is 0 Å². The second-order valence-corrected chi connectivity index (χ2v) is 6.09. The van der Waals surface area contributed by atoms with Crippen LogP contribution in [0.15, 0.2) is 24.3 Å². The lowest BCUT2D eigenvalue weighted by atomic mass is 9.84. The van der Waals surface area contributed by atoms with Crippen LogP contribution >= 0.6 is 0 Å². The van der Waals surface area contributed by atoms with Crippen molar-refractivity contribution < 1.29 is 9.53 Å². The number of carbonyl (C=O) groups is 1. The molecule has 2 aliphatic rings. The van der Waals surface area contributed by atoms with Crippen LogP contribution in [-0.2, 0) is 16.1 Å². The molecule has 1 aromatic carbocycles. The molecule has 21 heavy (non-hydrogen) atoms. The van der Waals surface area contributed by atoms with Crippen LogP contribution in [0.2, 0.25) is 0 Å². The van der Waals surface area contributed by atoms with Crippen LogP contribution in [0.25, 0.3) is 0 Å². The summed E-state index contributed by atoms with van der Waals surface area (Å²) in [6.07, 6.45) is 3.34. The first-order valence-electron chi connectivity index (χ1n) is 7.90. The number of morpholine rings is 1. The summed E-state index contributed by atoms with van der Waals surface area (Å²) in [7, 11) is 1.91. The van der Waals surface area contributed by atoms with Crippen LogP contribution in [0, 0.1) is 5.92 Å². The molecule has 1 aliphatic carbocycles. The zero-order chi connectivity index (χ0) is 14.7. The quantitative estimate of drug-likeness (QED) is 0.852. The molecule has 4 heteroatoms. The molecule has 4 nitrogen and oxygen atoms in total. The van der Waals surface area contributed by atoms with E-state index < -0.39 is 0 Å². The summed E-state index contributed by atoms with van der Waals surface area (Å²) in [5, 5.41) is 0. The molecule has 0 bridgehead atoms. The molecule has 0 N–H and O–H groups in total. The fourth-order valence-electron chi connectivity index (χ4n) is 2.95. The van der Waals surface area contributed by atoms with Gasteiger partial charge in [0.15, 0.2) is 0 Å². The number of nitrogens with zero attached hydrogens (tertiary/aromatic N) is 2. The van der Waals surface area contributed by atoms with Gasteiger partial charge >= 0.3 is 0 Å². The van der Waals surface area contributed by atoms with Crippen molar-refractivity contribution in [1.29, 1.82) is 0 Å². The number of ether oxygens (including phenoxy) is 1. The summed E-state index contributed by atoms with van der Waals surface area (Å²) in [5.74, 6) is 0.584. The molecule has 0 aromatic heterocycles. The van der Waals surface area contributed by atoms with Gasteiger partial charge in [0.1, 0.15) is 0 Å². The molecule has 2 fully saturated rings. The van der Waals surface area contributed by atoms with E-state index in [1.165, 1.54) is 17.7 Å². The lowest BCUT2D eigenvalue weighted by Crippen LogP contribution is -2.36. The van der Waals surface area contributed by atoms with Crippen molar-refractivity contribution in [1.82, 2.24) is 4.90 Å². The van der Waals surface area contributed by atoms with Gasteiger partial charge in [0.2, 0.25) is 5.91 Å². The summed E-state index contributed by atoms with van der Waals surface area (Å²) < 4.78 is 5.38. The number of hydrogen-bond donors (Lipinski definition) is 0. The van der Waals surface area contributed by atoms with Gasteiger partial charge in [-0.15, -0.1) is 0 Å². The fourth-order valence-corrected chi connectivity index (χ4v) is 2.95. The maximum atomic E-state index is 12.1. The van der Waals surface area contributed by atoms with E-state index in [0.29, 0.717) is 12.5 Å². The summed E-state index contributed by atoms with van der Waals surface area (Å²) >= 11 is 0. The Morgan fingerprint density at radius 3 is 2.48 bits per heavy atom. The lowest BCUT2D eigenvalue weighted by molar-refractivity contribution is -0.137. The highest BCUT2D eigenvalue weighted by Crippen LogP contribution is 2.28.